The molecule has 2 aromatic carbocycles. The molecule has 2 nitrogen and oxygen atoms in total. The molecule has 0 saturated heterocycles. The number of ether oxygens (including phenoxy) is 1. The van der Waals surface area contributed by atoms with E-state index in [1.807, 2.05) is 18.2 Å². The van der Waals surface area contributed by atoms with Gasteiger partial charge in [0, 0.05) is 5.69 Å². The minimum Gasteiger partial charge on any atom is -0.494 e. The van der Waals surface area contributed by atoms with E-state index < -0.39 is 0 Å². The van der Waals surface area contributed by atoms with Crippen LogP contribution in [-0.4, -0.2) is 6.61 Å². The molecule has 2 rings (SSSR count). The molecular weight excluding hydrogens is 258 g/mol. The SMILES string of the molecule is CC(C)(C)c1cccc(OCCCc2ccc(N)cc2)c1. The van der Waals surface area contributed by atoms with Crippen molar-refractivity contribution in [3.05, 3.63) is 59.7 Å². The molecule has 2 aromatic rings. The molecule has 2 N–H and O–H groups in total. The maximum absolute atomic E-state index is 5.86. The number of anilines is 1. The van der Waals surface area contributed by atoms with E-state index in [0.717, 1.165) is 30.9 Å². The first kappa shape index (κ1) is 15.4. The Hall–Kier alpha value is -1.96. The van der Waals surface area contributed by atoms with Crippen molar-refractivity contribution in [3.8, 4) is 5.75 Å². The number of rotatable bonds is 5. The van der Waals surface area contributed by atoms with Gasteiger partial charge in [0.25, 0.3) is 0 Å². The summed E-state index contributed by atoms with van der Waals surface area (Å²) >= 11 is 0. The van der Waals surface area contributed by atoms with Gasteiger partial charge < -0.3 is 10.5 Å². The Morgan fingerprint density at radius 1 is 1.00 bits per heavy atom. The summed E-state index contributed by atoms with van der Waals surface area (Å²) in [5, 5.41) is 0. The average molecular weight is 283 g/mol. The molecule has 0 amide bonds. The lowest BCUT2D eigenvalue weighted by molar-refractivity contribution is 0.310. The Morgan fingerprint density at radius 2 is 1.71 bits per heavy atom. The fraction of sp³-hybridized carbons (Fsp3) is 0.368. The number of benzene rings is 2. The Balaban J connectivity index is 1.82. The molecule has 0 radical (unpaired) electrons. The maximum Gasteiger partial charge on any atom is 0.119 e. The molecule has 0 atom stereocenters. The molecular formula is C19H25NO. The van der Waals surface area contributed by atoms with E-state index in [0.29, 0.717) is 0 Å². The summed E-state index contributed by atoms with van der Waals surface area (Å²) in [6.45, 7) is 7.38. The smallest absolute Gasteiger partial charge is 0.119 e. The molecule has 0 unspecified atom stereocenters. The van der Waals surface area contributed by atoms with Crippen LogP contribution in [0, 0.1) is 0 Å². The molecule has 0 aliphatic heterocycles. The highest BCUT2D eigenvalue weighted by molar-refractivity contribution is 5.39. The van der Waals surface area contributed by atoms with Crippen LogP contribution in [0.3, 0.4) is 0 Å². The largest absolute Gasteiger partial charge is 0.494 e. The second-order valence-corrected chi connectivity index (χ2v) is 6.47. The first-order valence-electron chi connectivity index (χ1n) is 7.53. The topological polar surface area (TPSA) is 35.2 Å². The normalized spacial score (nSPS) is 11.4. The number of nitrogen functional groups attached to an aromatic ring is 1. The van der Waals surface area contributed by atoms with Crippen molar-refractivity contribution in [1.29, 1.82) is 0 Å². The van der Waals surface area contributed by atoms with Crippen LogP contribution < -0.4 is 10.5 Å². The van der Waals surface area contributed by atoms with Crippen LogP contribution in [0.15, 0.2) is 48.5 Å². The highest BCUT2D eigenvalue weighted by Crippen LogP contribution is 2.25. The van der Waals surface area contributed by atoms with E-state index in [1.54, 1.807) is 0 Å². The van der Waals surface area contributed by atoms with Crippen LogP contribution >= 0.6 is 0 Å². The van der Waals surface area contributed by atoms with Gasteiger partial charge in [-0.25, -0.2) is 0 Å². The molecule has 21 heavy (non-hydrogen) atoms. The van der Waals surface area contributed by atoms with Crippen LogP contribution in [0.4, 0.5) is 5.69 Å². The summed E-state index contributed by atoms with van der Waals surface area (Å²) < 4.78 is 5.86. The fourth-order valence-corrected chi connectivity index (χ4v) is 2.20. The van der Waals surface area contributed by atoms with Crippen molar-refractivity contribution in [2.24, 2.45) is 0 Å². The van der Waals surface area contributed by atoms with Gasteiger partial charge in [0.2, 0.25) is 0 Å². The summed E-state index contributed by atoms with van der Waals surface area (Å²) in [4.78, 5) is 0. The Labute approximate surface area is 127 Å². The number of hydrogen-bond donors (Lipinski definition) is 1. The Morgan fingerprint density at radius 3 is 2.38 bits per heavy atom. The molecule has 0 aliphatic carbocycles. The van der Waals surface area contributed by atoms with Gasteiger partial charge in [-0.05, 0) is 53.6 Å². The predicted molar refractivity (Wildman–Crippen MR) is 89.8 cm³/mol. The van der Waals surface area contributed by atoms with Crippen LogP contribution in [0.5, 0.6) is 5.75 Å². The van der Waals surface area contributed by atoms with Gasteiger partial charge in [0.05, 0.1) is 6.61 Å². The van der Waals surface area contributed by atoms with E-state index in [1.165, 1.54) is 11.1 Å². The van der Waals surface area contributed by atoms with Crippen molar-refractivity contribution >= 4 is 5.69 Å². The minimum atomic E-state index is 0.156. The monoisotopic (exact) mass is 283 g/mol. The lowest BCUT2D eigenvalue weighted by Gasteiger charge is -2.19. The van der Waals surface area contributed by atoms with Crippen LogP contribution in [0.2, 0.25) is 0 Å². The molecule has 0 saturated carbocycles. The van der Waals surface area contributed by atoms with Crippen LogP contribution in [-0.2, 0) is 11.8 Å². The summed E-state index contributed by atoms with van der Waals surface area (Å²) in [5.74, 6) is 0.958. The van der Waals surface area contributed by atoms with Gasteiger partial charge in [-0.1, -0.05) is 45.0 Å². The lowest BCUT2D eigenvalue weighted by atomic mass is 9.87. The van der Waals surface area contributed by atoms with E-state index in [-0.39, 0.29) is 5.41 Å². The summed E-state index contributed by atoms with van der Waals surface area (Å²) in [6, 6.07) is 16.4. The van der Waals surface area contributed by atoms with Crippen molar-refractivity contribution < 1.29 is 4.74 Å². The summed E-state index contributed by atoms with van der Waals surface area (Å²) in [7, 11) is 0. The highest BCUT2D eigenvalue weighted by Gasteiger charge is 2.13. The predicted octanol–water partition coefficient (Wildman–Crippen LogP) is 4.58. The number of hydrogen-bond acceptors (Lipinski definition) is 2. The Kier molecular flexibility index (Phi) is 4.89. The maximum atomic E-state index is 5.86. The second kappa shape index (κ2) is 6.66. The zero-order chi connectivity index (χ0) is 15.3. The van der Waals surface area contributed by atoms with Crippen molar-refractivity contribution in [2.75, 3.05) is 12.3 Å². The third-order valence-corrected chi connectivity index (χ3v) is 3.56. The van der Waals surface area contributed by atoms with Crippen LogP contribution in [0.1, 0.15) is 38.3 Å². The second-order valence-electron chi connectivity index (χ2n) is 6.47. The van der Waals surface area contributed by atoms with Gasteiger partial charge in [-0.15, -0.1) is 0 Å². The van der Waals surface area contributed by atoms with Crippen molar-refractivity contribution in [1.82, 2.24) is 0 Å². The molecule has 2 heteroatoms. The fourth-order valence-electron chi connectivity index (χ4n) is 2.20. The molecule has 112 valence electrons. The highest BCUT2D eigenvalue weighted by atomic mass is 16.5. The van der Waals surface area contributed by atoms with Gasteiger partial charge in [0.1, 0.15) is 5.75 Å². The molecule has 0 aromatic heterocycles. The van der Waals surface area contributed by atoms with Crippen LogP contribution in [0.25, 0.3) is 0 Å². The summed E-state index contributed by atoms with van der Waals surface area (Å²) in [5.41, 5.74) is 9.26. The van der Waals surface area contributed by atoms with E-state index in [9.17, 15) is 0 Å². The minimum absolute atomic E-state index is 0.156. The molecule has 0 fully saturated rings. The third kappa shape index (κ3) is 4.82. The van der Waals surface area contributed by atoms with Gasteiger partial charge in [-0.3, -0.25) is 0 Å². The quantitative estimate of drug-likeness (QED) is 0.644. The van der Waals surface area contributed by atoms with E-state index >= 15 is 0 Å². The summed E-state index contributed by atoms with van der Waals surface area (Å²) in [6.07, 6.45) is 2.02. The standard InChI is InChI=1S/C19H25NO/c1-19(2,3)16-7-4-8-18(14-16)21-13-5-6-15-9-11-17(20)12-10-15/h4,7-12,14H,5-6,13,20H2,1-3H3. The molecule has 0 bridgehead atoms. The lowest BCUT2D eigenvalue weighted by Crippen LogP contribution is -2.11. The average Bonchev–Trinajstić information content (AvgIpc) is 2.45. The van der Waals surface area contributed by atoms with Gasteiger partial charge in [0.15, 0.2) is 0 Å². The zero-order valence-corrected chi connectivity index (χ0v) is 13.2. The molecule has 0 heterocycles. The number of nitrogens with two attached hydrogens (primary N) is 1. The van der Waals surface area contributed by atoms with Gasteiger partial charge >= 0.3 is 0 Å². The Bertz CT molecular complexity index is 567. The first-order valence-corrected chi connectivity index (χ1v) is 7.53. The van der Waals surface area contributed by atoms with Crippen molar-refractivity contribution in [2.45, 2.75) is 39.0 Å². The first-order chi connectivity index (χ1) is 9.95. The van der Waals surface area contributed by atoms with Gasteiger partial charge in [-0.2, -0.15) is 0 Å². The number of aryl methyl sites for hydroxylation is 1. The third-order valence-electron chi connectivity index (χ3n) is 3.56. The zero-order valence-electron chi connectivity index (χ0n) is 13.2. The van der Waals surface area contributed by atoms with E-state index in [2.05, 4.69) is 51.1 Å². The molecule has 0 aliphatic rings. The van der Waals surface area contributed by atoms with Crippen molar-refractivity contribution in [3.63, 3.8) is 0 Å². The molecule has 0 spiro atoms. The van der Waals surface area contributed by atoms with E-state index in [4.69, 9.17) is 10.5 Å².